The van der Waals surface area contributed by atoms with Crippen molar-refractivity contribution in [2.24, 2.45) is 11.3 Å². The first kappa shape index (κ1) is 9.97. The highest BCUT2D eigenvalue weighted by Gasteiger charge is 2.46. The fourth-order valence-corrected chi connectivity index (χ4v) is 2.56. The molecule has 3 heteroatoms. The van der Waals surface area contributed by atoms with E-state index in [4.69, 9.17) is 9.84 Å². The summed E-state index contributed by atoms with van der Waals surface area (Å²) >= 11 is 0. The minimum atomic E-state index is -0.672. The van der Waals surface area contributed by atoms with Gasteiger partial charge in [0, 0.05) is 11.8 Å². The summed E-state index contributed by atoms with van der Waals surface area (Å²) in [4.78, 5) is 10.4. The lowest BCUT2D eigenvalue weighted by molar-refractivity contribution is -0.168. The maximum absolute atomic E-state index is 10.4. The Morgan fingerprint density at radius 3 is 2.50 bits per heavy atom. The van der Waals surface area contributed by atoms with Crippen LogP contribution >= 0.6 is 0 Å². The van der Waals surface area contributed by atoms with E-state index in [1.165, 1.54) is 19.3 Å². The summed E-state index contributed by atoms with van der Waals surface area (Å²) in [5.41, 5.74) is 0.369. The Kier molecular flexibility index (Phi) is 2.77. The molecule has 1 saturated carbocycles. The van der Waals surface area contributed by atoms with E-state index in [0.29, 0.717) is 11.8 Å². The van der Waals surface area contributed by atoms with Crippen LogP contribution in [0.1, 0.15) is 38.5 Å². The van der Waals surface area contributed by atoms with Crippen molar-refractivity contribution in [1.82, 2.24) is 0 Å². The average molecular weight is 198 g/mol. The van der Waals surface area contributed by atoms with Gasteiger partial charge in [0.1, 0.15) is 0 Å². The van der Waals surface area contributed by atoms with Crippen molar-refractivity contribution in [2.45, 2.75) is 38.5 Å². The van der Waals surface area contributed by atoms with Crippen LogP contribution in [-0.4, -0.2) is 24.3 Å². The zero-order valence-electron chi connectivity index (χ0n) is 8.50. The van der Waals surface area contributed by atoms with Gasteiger partial charge >= 0.3 is 5.97 Å². The van der Waals surface area contributed by atoms with Gasteiger partial charge in [0.15, 0.2) is 0 Å². The van der Waals surface area contributed by atoms with E-state index in [1.807, 2.05) is 0 Å². The van der Waals surface area contributed by atoms with Crippen LogP contribution in [0.4, 0.5) is 0 Å². The van der Waals surface area contributed by atoms with Gasteiger partial charge < -0.3 is 9.84 Å². The Hall–Kier alpha value is -0.570. The topological polar surface area (TPSA) is 46.5 Å². The van der Waals surface area contributed by atoms with Gasteiger partial charge in [-0.2, -0.15) is 0 Å². The molecule has 1 heterocycles. The number of ether oxygens (including phenoxy) is 1. The molecule has 14 heavy (non-hydrogen) atoms. The van der Waals surface area contributed by atoms with Crippen molar-refractivity contribution >= 4 is 5.97 Å². The first-order valence-corrected chi connectivity index (χ1v) is 5.52. The molecule has 2 fully saturated rings. The van der Waals surface area contributed by atoms with Gasteiger partial charge in [0.2, 0.25) is 0 Å². The number of carboxylic acid groups (broad SMARTS) is 1. The van der Waals surface area contributed by atoms with Crippen LogP contribution in [0.2, 0.25) is 0 Å². The van der Waals surface area contributed by atoms with Crippen molar-refractivity contribution in [3.8, 4) is 0 Å². The van der Waals surface area contributed by atoms with Crippen LogP contribution in [0.3, 0.4) is 0 Å². The first-order chi connectivity index (χ1) is 6.73. The van der Waals surface area contributed by atoms with Crippen molar-refractivity contribution in [1.29, 1.82) is 0 Å². The molecule has 1 aliphatic heterocycles. The third-order valence-corrected chi connectivity index (χ3v) is 3.82. The molecule has 3 nitrogen and oxygen atoms in total. The molecular weight excluding hydrogens is 180 g/mol. The Bertz CT molecular complexity index is 217. The average Bonchev–Trinajstić information content (AvgIpc) is 1.95. The van der Waals surface area contributed by atoms with Gasteiger partial charge in [0.05, 0.1) is 13.2 Å². The molecule has 2 rings (SSSR count). The number of hydrogen-bond donors (Lipinski definition) is 1. The van der Waals surface area contributed by atoms with Crippen molar-refractivity contribution < 1.29 is 14.6 Å². The quantitative estimate of drug-likeness (QED) is 0.735. The molecular formula is C11H18O3. The molecule has 0 aromatic carbocycles. The maximum atomic E-state index is 10.4. The van der Waals surface area contributed by atoms with Crippen LogP contribution in [0.15, 0.2) is 0 Å². The molecule has 1 aliphatic carbocycles. The van der Waals surface area contributed by atoms with E-state index < -0.39 is 5.97 Å². The Morgan fingerprint density at radius 2 is 2.14 bits per heavy atom. The third kappa shape index (κ3) is 1.78. The molecule has 0 unspecified atom stereocenters. The van der Waals surface area contributed by atoms with E-state index in [1.54, 1.807) is 0 Å². The number of aliphatic carboxylic acids is 1. The standard InChI is InChI=1S/C11H18O3/c12-10(13)5-2-6-11(7-14-8-11)9-3-1-4-9/h9H,1-8H2,(H,12,13). The van der Waals surface area contributed by atoms with Crippen LogP contribution < -0.4 is 0 Å². The van der Waals surface area contributed by atoms with Gasteiger partial charge in [-0.3, -0.25) is 4.79 Å². The molecule has 1 saturated heterocycles. The smallest absolute Gasteiger partial charge is 0.303 e. The highest BCUT2D eigenvalue weighted by Crippen LogP contribution is 2.49. The summed E-state index contributed by atoms with van der Waals surface area (Å²) in [6, 6.07) is 0. The Balaban J connectivity index is 1.77. The molecule has 0 amide bonds. The molecule has 0 atom stereocenters. The second-order valence-corrected chi connectivity index (χ2v) is 4.73. The molecule has 80 valence electrons. The van der Waals surface area contributed by atoms with Crippen molar-refractivity contribution in [2.75, 3.05) is 13.2 Å². The third-order valence-electron chi connectivity index (χ3n) is 3.82. The lowest BCUT2D eigenvalue weighted by Gasteiger charge is -2.51. The molecule has 0 bridgehead atoms. The van der Waals surface area contributed by atoms with Crippen LogP contribution in [0, 0.1) is 11.3 Å². The van der Waals surface area contributed by atoms with Crippen LogP contribution in [0.5, 0.6) is 0 Å². The molecule has 0 aromatic heterocycles. The number of rotatable bonds is 5. The minimum Gasteiger partial charge on any atom is -0.481 e. The second kappa shape index (κ2) is 3.89. The van der Waals surface area contributed by atoms with E-state index in [2.05, 4.69) is 0 Å². The lowest BCUT2D eigenvalue weighted by atomic mass is 9.62. The van der Waals surface area contributed by atoms with Gasteiger partial charge in [-0.25, -0.2) is 0 Å². The SMILES string of the molecule is O=C(O)CCCC1(C2CCC2)COC1. The number of carbonyl (C=O) groups is 1. The van der Waals surface area contributed by atoms with Crippen LogP contribution in [-0.2, 0) is 9.53 Å². The number of carboxylic acids is 1. The second-order valence-electron chi connectivity index (χ2n) is 4.73. The summed E-state index contributed by atoms with van der Waals surface area (Å²) in [5, 5.41) is 8.58. The molecule has 2 aliphatic rings. The largest absolute Gasteiger partial charge is 0.481 e. The fraction of sp³-hybridized carbons (Fsp3) is 0.909. The predicted octanol–water partition coefficient (Wildman–Crippen LogP) is 2.06. The summed E-state index contributed by atoms with van der Waals surface area (Å²) in [6.45, 7) is 1.74. The first-order valence-electron chi connectivity index (χ1n) is 5.52. The van der Waals surface area contributed by atoms with Gasteiger partial charge in [0.25, 0.3) is 0 Å². The van der Waals surface area contributed by atoms with E-state index in [0.717, 1.165) is 32.0 Å². The van der Waals surface area contributed by atoms with E-state index in [-0.39, 0.29) is 0 Å². The predicted molar refractivity (Wildman–Crippen MR) is 52.1 cm³/mol. The Labute approximate surface area is 84.4 Å². The van der Waals surface area contributed by atoms with Crippen molar-refractivity contribution in [3.05, 3.63) is 0 Å². The van der Waals surface area contributed by atoms with E-state index >= 15 is 0 Å². The van der Waals surface area contributed by atoms with E-state index in [9.17, 15) is 4.79 Å². The maximum Gasteiger partial charge on any atom is 0.303 e. The molecule has 1 N–H and O–H groups in total. The summed E-state index contributed by atoms with van der Waals surface area (Å²) in [5.74, 6) is 0.152. The zero-order chi connectivity index (χ0) is 10.0. The van der Waals surface area contributed by atoms with Crippen molar-refractivity contribution in [3.63, 3.8) is 0 Å². The van der Waals surface area contributed by atoms with Crippen LogP contribution in [0.25, 0.3) is 0 Å². The summed E-state index contributed by atoms with van der Waals surface area (Å²) < 4.78 is 5.31. The highest BCUT2D eigenvalue weighted by molar-refractivity contribution is 5.66. The molecule has 0 spiro atoms. The fourth-order valence-electron chi connectivity index (χ4n) is 2.56. The minimum absolute atomic E-state index is 0.314. The Morgan fingerprint density at radius 1 is 1.43 bits per heavy atom. The van der Waals surface area contributed by atoms with Gasteiger partial charge in [-0.05, 0) is 31.6 Å². The highest BCUT2D eigenvalue weighted by atomic mass is 16.5. The molecule has 0 radical (unpaired) electrons. The monoisotopic (exact) mass is 198 g/mol. The molecule has 0 aromatic rings. The normalized spacial score (nSPS) is 25.1. The summed E-state index contributed by atoms with van der Waals surface area (Å²) in [6.07, 6.45) is 6.19. The lowest BCUT2D eigenvalue weighted by Crippen LogP contribution is -2.50. The van der Waals surface area contributed by atoms with Gasteiger partial charge in [-0.1, -0.05) is 6.42 Å². The zero-order valence-corrected chi connectivity index (χ0v) is 8.50. The number of hydrogen-bond acceptors (Lipinski definition) is 2. The van der Waals surface area contributed by atoms with Gasteiger partial charge in [-0.15, -0.1) is 0 Å². The summed E-state index contributed by atoms with van der Waals surface area (Å²) in [7, 11) is 0.